The van der Waals surface area contributed by atoms with Crippen LogP contribution in [0.1, 0.15) is 16.7 Å². The number of halogens is 1. The number of aryl methyl sites for hydroxylation is 2. The summed E-state index contributed by atoms with van der Waals surface area (Å²) >= 11 is 1.66. The van der Waals surface area contributed by atoms with Crippen molar-refractivity contribution in [1.82, 2.24) is 0 Å². The number of aliphatic hydroxyl groups excluding tert-OH is 1. The van der Waals surface area contributed by atoms with Crippen LogP contribution in [-0.2, 0) is 19.4 Å². The Morgan fingerprint density at radius 1 is 1.00 bits per heavy atom. The third-order valence-corrected chi connectivity index (χ3v) is 4.44. The number of aliphatic hydroxyl groups is 1. The molecular formula is C15H13FOS. The fraction of sp³-hybridized carbons (Fsp3) is 0.200. The first-order valence-electron chi connectivity index (χ1n) is 5.95. The Kier molecular flexibility index (Phi) is 3.10. The average Bonchev–Trinajstić information content (AvgIpc) is 2.56. The van der Waals surface area contributed by atoms with Crippen LogP contribution in [0.15, 0.2) is 46.2 Å². The van der Waals surface area contributed by atoms with Gasteiger partial charge in [-0.15, -0.1) is 0 Å². The van der Waals surface area contributed by atoms with Gasteiger partial charge in [0.15, 0.2) is 0 Å². The van der Waals surface area contributed by atoms with E-state index in [2.05, 4.69) is 6.07 Å². The van der Waals surface area contributed by atoms with Crippen molar-refractivity contribution in [2.45, 2.75) is 29.2 Å². The van der Waals surface area contributed by atoms with E-state index < -0.39 is 0 Å². The van der Waals surface area contributed by atoms with Crippen LogP contribution in [0.5, 0.6) is 0 Å². The molecule has 1 nitrogen and oxygen atoms in total. The number of rotatable bonds is 1. The van der Waals surface area contributed by atoms with Crippen molar-refractivity contribution in [2.75, 3.05) is 0 Å². The van der Waals surface area contributed by atoms with Gasteiger partial charge < -0.3 is 5.11 Å². The van der Waals surface area contributed by atoms with Gasteiger partial charge in [-0.2, -0.15) is 0 Å². The third-order valence-electron chi connectivity index (χ3n) is 3.22. The summed E-state index contributed by atoms with van der Waals surface area (Å²) in [4.78, 5) is 2.29. The molecule has 0 aromatic heterocycles. The lowest BCUT2D eigenvalue weighted by Crippen LogP contribution is -1.92. The van der Waals surface area contributed by atoms with Crippen LogP contribution in [-0.4, -0.2) is 5.11 Å². The van der Waals surface area contributed by atoms with Crippen molar-refractivity contribution in [3.05, 3.63) is 58.9 Å². The van der Waals surface area contributed by atoms with E-state index in [4.69, 9.17) is 0 Å². The van der Waals surface area contributed by atoms with Crippen molar-refractivity contribution < 1.29 is 9.50 Å². The molecule has 2 aromatic rings. The van der Waals surface area contributed by atoms with E-state index in [1.54, 1.807) is 17.8 Å². The molecule has 0 saturated carbocycles. The highest BCUT2D eigenvalue weighted by Gasteiger charge is 2.14. The van der Waals surface area contributed by atoms with Crippen LogP contribution < -0.4 is 0 Å². The van der Waals surface area contributed by atoms with Crippen LogP contribution in [0.2, 0.25) is 0 Å². The van der Waals surface area contributed by atoms with Gasteiger partial charge in [-0.1, -0.05) is 23.9 Å². The van der Waals surface area contributed by atoms with E-state index in [-0.39, 0.29) is 12.4 Å². The SMILES string of the molecule is OCc1ccc2c(c1)Sc1ccc(F)cc1CC2. The lowest BCUT2D eigenvalue weighted by Gasteiger charge is -2.07. The molecule has 0 saturated heterocycles. The van der Waals surface area contributed by atoms with Gasteiger partial charge in [0.25, 0.3) is 0 Å². The third kappa shape index (κ3) is 2.16. The van der Waals surface area contributed by atoms with Crippen LogP contribution in [0.25, 0.3) is 0 Å². The first-order chi connectivity index (χ1) is 8.76. The molecule has 0 amide bonds. The summed E-state index contributed by atoms with van der Waals surface area (Å²) in [5.74, 6) is -0.170. The second-order valence-corrected chi connectivity index (χ2v) is 5.54. The minimum absolute atomic E-state index is 0.0596. The molecular weight excluding hydrogens is 247 g/mol. The second-order valence-electron chi connectivity index (χ2n) is 4.45. The van der Waals surface area contributed by atoms with Gasteiger partial charge in [0.05, 0.1) is 6.61 Å². The lowest BCUT2D eigenvalue weighted by atomic mass is 10.0. The molecule has 0 unspecified atom stereocenters. The molecule has 0 radical (unpaired) electrons. The monoisotopic (exact) mass is 260 g/mol. The number of fused-ring (bicyclic) bond motifs is 2. The zero-order valence-electron chi connectivity index (χ0n) is 9.82. The summed E-state index contributed by atoms with van der Waals surface area (Å²) in [6, 6.07) is 11.0. The summed E-state index contributed by atoms with van der Waals surface area (Å²) in [5, 5.41) is 9.18. The van der Waals surface area contributed by atoms with Gasteiger partial charge >= 0.3 is 0 Å². The highest BCUT2D eigenvalue weighted by molar-refractivity contribution is 7.99. The molecule has 1 aliphatic heterocycles. The largest absolute Gasteiger partial charge is 0.392 e. The van der Waals surface area contributed by atoms with Crippen molar-refractivity contribution in [3.8, 4) is 0 Å². The Morgan fingerprint density at radius 3 is 2.67 bits per heavy atom. The van der Waals surface area contributed by atoms with E-state index >= 15 is 0 Å². The molecule has 0 aliphatic carbocycles. The van der Waals surface area contributed by atoms with Crippen molar-refractivity contribution in [1.29, 1.82) is 0 Å². The van der Waals surface area contributed by atoms with E-state index in [9.17, 15) is 9.50 Å². The maximum absolute atomic E-state index is 13.2. The normalized spacial score (nSPS) is 13.7. The molecule has 18 heavy (non-hydrogen) atoms. The fourth-order valence-corrected chi connectivity index (χ4v) is 3.41. The number of hydrogen-bond donors (Lipinski definition) is 1. The Balaban J connectivity index is 2.04. The quantitative estimate of drug-likeness (QED) is 0.846. The Labute approximate surface area is 110 Å². The average molecular weight is 260 g/mol. The fourth-order valence-electron chi connectivity index (χ4n) is 2.23. The van der Waals surface area contributed by atoms with E-state index in [0.29, 0.717) is 0 Å². The van der Waals surface area contributed by atoms with Crippen molar-refractivity contribution >= 4 is 11.8 Å². The minimum Gasteiger partial charge on any atom is -0.392 e. The Morgan fingerprint density at radius 2 is 1.83 bits per heavy atom. The summed E-state index contributed by atoms with van der Waals surface area (Å²) in [7, 11) is 0. The molecule has 0 atom stereocenters. The summed E-state index contributed by atoms with van der Waals surface area (Å²) < 4.78 is 13.2. The zero-order chi connectivity index (χ0) is 12.5. The lowest BCUT2D eigenvalue weighted by molar-refractivity contribution is 0.281. The number of benzene rings is 2. The molecule has 92 valence electrons. The summed E-state index contributed by atoms with van der Waals surface area (Å²) in [6.45, 7) is 0.0596. The molecule has 1 aliphatic rings. The maximum Gasteiger partial charge on any atom is 0.123 e. The van der Waals surface area contributed by atoms with E-state index in [0.717, 1.165) is 28.9 Å². The summed E-state index contributed by atoms with van der Waals surface area (Å²) in [5.41, 5.74) is 3.27. The second kappa shape index (κ2) is 4.75. The summed E-state index contributed by atoms with van der Waals surface area (Å²) in [6.07, 6.45) is 1.79. The molecule has 1 heterocycles. The number of hydrogen-bond acceptors (Lipinski definition) is 2. The first-order valence-corrected chi connectivity index (χ1v) is 6.77. The molecule has 0 bridgehead atoms. The van der Waals surface area contributed by atoms with Crippen LogP contribution in [0, 0.1) is 5.82 Å². The predicted molar refractivity (Wildman–Crippen MR) is 70.3 cm³/mol. The molecule has 0 spiro atoms. The van der Waals surface area contributed by atoms with E-state index in [1.165, 1.54) is 16.5 Å². The van der Waals surface area contributed by atoms with Gasteiger partial charge in [-0.3, -0.25) is 0 Å². The van der Waals surface area contributed by atoms with Crippen molar-refractivity contribution in [3.63, 3.8) is 0 Å². The first kappa shape index (κ1) is 11.8. The van der Waals surface area contributed by atoms with E-state index in [1.807, 2.05) is 18.2 Å². The minimum atomic E-state index is -0.170. The van der Waals surface area contributed by atoms with Gasteiger partial charge in [0, 0.05) is 9.79 Å². The highest BCUT2D eigenvalue weighted by Crippen LogP contribution is 2.37. The van der Waals surface area contributed by atoms with Gasteiger partial charge in [-0.05, 0) is 53.8 Å². The molecule has 3 heteroatoms. The Bertz CT molecular complexity index is 595. The van der Waals surface area contributed by atoms with Gasteiger partial charge in [-0.25, -0.2) is 4.39 Å². The van der Waals surface area contributed by atoms with Crippen LogP contribution in [0.4, 0.5) is 4.39 Å². The standard InChI is InChI=1S/C15H13FOS/c16-13-5-6-14-12(8-13)4-3-11-2-1-10(9-17)7-15(11)18-14/h1-2,5-8,17H,3-4,9H2. The highest BCUT2D eigenvalue weighted by atomic mass is 32.2. The molecule has 0 fully saturated rings. The zero-order valence-corrected chi connectivity index (χ0v) is 10.6. The predicted octanol–water partition coefficient (Wildman–Crippen LogP) is 3.57. The van der Waals surface area contributed by atoms with Crippen LogP contribution in [0.3, 0.4) is 0 Å². The van der Waals surface area contributed by atoms with Crippen LogP contribution >= 0.6 is 11.8 Å². The molecule has 1 N–H and O–H groups in total. The molecule has 3 rings (SSSR count). The smallest absolute Gasteiger partial charge is 0.123 e. The maximum atomic E-state index is 13.2. The van der Waals surface area contributed by atoms with Crippen molar-refractivity contribution in [2.24, 2.45) is 0 Å². The van der Waals surface area contributed by atoms with Gasteiger partial charge in [0.1, 0.15) is 5.82 Å². The molecule has 2 aromatic carbocycles. The Hall–Kier alpha value is -1.32. The van der Waals surface area contributed by atoms with Gasteiger partial charge in [0.2, 0.25) is 0 Å². The topological polar surface area (TPSA) is 20.2 Å².